The van der Waals surface area contributed by atoms with Gasteiger partial charge in [0.15, 0.2) is 6.29 Å². The van der Waals surface area contributed by atoms with Crippen LogP contribution in [0.5, 0.6) is 0 Å². The molecule has 0 aromatic heterocycles. The molecule has 0 aliphatic carbocycles. The second-order valence-electron chi connectivity index (χ2n) is 1.97. The molecular formula is C6H14O3. The van der Waals surface area contributed by atoms with Crippen molar-refractivity contribution in [2.75, 3.05) is 14.2 Å². The van der Waals surface area contributed by atoms with Gasteiger partial charge in [-0.3, -0.25) is 0 Å². The number of aliphatic hydroxyl groups is 1. The lowest BCUT2D eigenvalue weighted by Gasteiger charge is -2.12. The summed E-state index contributed by atoms with van der Waals surface area (Å²) in [6.45, 7) is 1.88. The highest BCUT2D eigenvalue weighted by Gasteiger charge is 2.06. The van der Waals surface area contributed by atoms with Gasteiger partial charge in [0, 0.05) is 20.6 Å². The normalized spacial score (nSPS) is 17.3. The number of aliphatic hydroxyl groups excluding tert-OH is 1. The van der Waals surface area contributed by atoms with Gasteiger partial charge in [-0.1, -0.05) is 0 Å². The van der Waals surface area contributed by atoms with E-state index in [2.05, 4.69) is 4.74 Å². The van der Waals surface area contributed by atoms with E-state index >= 15 is 0 Å². The summed E-state index contributed by atoms with van der Waals surface area (Å²) < 4.78 is 9.48. The maximum absolute atomic E-state index is 8.86. The predicted octanol–water partition coefficient (Wildman–Crippen LogP) is 0.376. The topological polar surface area (TPSA) is 38.7 Å². The Kier molecular flexibility index (Phi) is 4.67. The van der Waals surface area contributed by atoms with Crippen LogP contribution in [0.25, 0.3) is 0 Å². The molecule has 2 unspecified atom stereocenters. The van der Waals surface area contributed by atoms with Crippen LogP contribution in [0.1, 0.15) is 13.3 Å². The lowest BCUT2D eigenvalue weighted by atomic mass is 10.3. The molecule has 3 nitrogen and oxygen atoms in total. The minimum atomic E-state index is -0.694. The third-order valence-corrected chi connectivity index (χ3v) is 1.21. The van der Waals surface area contributed by atoms with E-state index in [1.54, 1.807) is 7.11 Å². The highest BCUT2D eigenvalue weighted by Crippen LogP contribution is 2.00. The van der Waals surface area contributed by atoms with Gasteiger partial charge < -0.3 is 14.6 Å². The zero-order valence-electron chi connectivity index (χ0n) is 6.13. The molecule has 3 heteroatoms. The molecule has 9 heavy (non-hydrogen) atoms. The summed E-state index contributed by atoms with van der Waals surface area (Å²) in [5.74, 6) is 0. The third kappa shape index (κ3) is 4.39. The number of hydrogen-bond acceptors (Lipinski definition) is 3. The molecule has 0 aromatic rings. The van der Waals surface area contributed by atoms with Crippen molar-refractivity contribution in [1.82, 2.24) is 0 Å². The molecule has 0 bridgehead atoms. The van der Waals surface area contributed by atoms with E-state index in [-0.39, 0.29) is 6.10 Å². The standard InChI is InChI=1S/C6H14O3/c1-5(8-2)4-6(7)9-3/h5-7H,4H2,1-3H3. The smallest absolute Gasteiger partial charge is 0.156 e. The van der Waals surface area contributed by atoms with E-state index < -0.39 is 6.29 Å². The Labute approximate surface area is 55.6 Å². The lowest BCUT2D eigenvalue weighted by molar-refractivity contribution is -0.0998. The van der Waals surface area contributed by atoms with Crippen LogP contribution in [0.2, 0.25) is 0 Å². The zero-order valence-corrected chi connectivity index (χ0v) is 6.13. The Morgan fingerprint density at radius 1 is 1.33 bits per heavy atom. The van der Waals surface area contributed by atoms with Gasteiger partial charge in [-0.25, -0.2) is 0 Å². The van der Waals surface area contributed by atoms with Crippen LogP contribution in [0, 0.1) is 0 Å². The van der Waals surface area contributed by atoms with Crippen LogP contribution in [0.4, 0.5) is 0 Å². The molecule has 56 valence electrons. The third-order valence-electron chi connectivity index (χ3n) is 1.21. The van der Waals surface area contributed by atoms with E-state index in [1.807, 2.05) is 6.92 Å². The molecule has 0 rings (SSSR count). The Bertz CT molecular complexity index is 57.3. The van der Waals surface area contributed by atoms with E-state index in [9.17, 15) is 0 Å². The molecule has 0 spiro atoms. The summed E-state index contributed by atoms with van der Waals surface area (Å²) >= 11 is 0. The Hall–Kier alpha value is -0.120. The lowest BCUT2D eigenvalue weighted by Crippen LogP contribution is -2.17. The van der Waals surface area contributed by atoms with Gasteiger partial charge in [0.25, 0.3) is 0 Å². The van der Waals surface area contributed by atoms with E-state index in [1.165, 1.54) is 7.11 Å². The van der Waals surface area contributed by atoms with Crippen molar-refractivity contribution in [1.29, 1.82) is 0 Å². The first kappa shape index (κ1) is 8.88. The molecule has 2 atom stereocenters. The molecule has 0 aliphatic rings. The van der Waals surface area contributed by atoms with Gasteiger partial charge >= 0.3 is 0 Å². The molecule has 0 radical (unpaired) electrons. The van der Waals surface area contributed by atoms with Gasteiger partial charge in [-0.2, -0.15) is 0 Å². The van der Waals surface area contributed by atoms with Crippen molar-refractivity contribution in [2.24, 2.45) is 0 Å². The molecule has 0 saturated heterocycles. The number of methoxy groups -OCH3 is 2. The van der Waals surface area contributed by atoms with Crippen molar-refractivity contribution in [2.45, 2.75) is 25.7 Å². The fourth-order valence-electron chi connectivity index (χ4n) is 0.476. The maximum Gasteiger partial charge on any atom is 0.156 e. The minimum Gasteiger partial charge on any atom is -0.382 e. The van der Waals surface area contributed by atoms with Gasteiger partial charge in [0.05, 0.1) is 6.10 Å². The summed E-state index contributed by atoms with van der Waals surface area (Å²) in [5, 5.41) is 8.86. The highest BCUT2D eigenvalue weighted by atomic mass is 16.6. The minimum absolute atomic E-state index is 0.0555. The summed E-state index contributed by atoms with van der Waals surface area (Å²) in [5.41, 5.74) is 0. The number of rotatable bonds is 4. The van der Waals surface area contributed by atoms with Crippen LogP contribution in [-0.2, 0) is 9.47 Å². The first-order valence-electron chi connectivity index (χ1n) is 2.94. The largest absolute Gasteiger partial charge is 0.382 e. The van der Waals surface area contributed by atoms with E-state index in [4.69, 9.17) is 9.84 Å². The molecule has 0 amide bonds. The Morgan fingerprint density at radius 3 is 2.22 bits per heavy atom. The average molecular weight is 134 g/mol. The zero-order chi connectivity index (χ0) is 7.28. The molecule has 0 saturated carbocycles. The average Bonchev–Trinajstić information content (AvgIpc) is 1.87. The Balaban J connectivity index is 3.22. The second kappa shape index (κ2) is 4.73. The van der Waals surface area contributed by atoms with Crippen LogP contribution in [0.3, 0.4) is 0 Å². The van der Waals surface area contributed by atoms with Crippen LogP contribution in [0.15, 0.2) is 0 Å². The summed E-state index contributed by atoms with van der Waals surface area (Å²) in [4.78, 5) is 0. The van der Waals surface area contributed by atoms with E-state index in [0.717, 1.165) is 0 Å². The van der Waals surface area contributed by atoms with Gasteiger partial charge in [-0.05, 0) is 6.92 Å². The van der Waals surface area contributed by atoms with Crippen molar-refractivity contribution in [3.63, 3.8) is 0 Å². The molecule has 1 N–H and O–H groups in total. The summed E-state index contributed by atoms with van der Waals surface area (Å²) in [6.07, 6.45) is -0.118. The SMILES string of the molecule is COC(C)CC(O)OC. The van der Waals surface area contributed by atoms with Gasteiger partial charge in [0.1, 0.15) is 0 Å². The van der Waals surface area contributed by atoms with Crippen LogP contribution < -0.4 is 0 Å². The first-order valence-corrected chi connectivity index (χ1v) is 2.94. The van der Waals surface area contributed by atoms with Crippen molar-refractivity contribution < 1.29 is 14.6 Å². The van der Waals surface area contributed by atoms with Crippen molar-refractivity contribution in [3.05, 3.63) is 0 Å². The quantitative estimate of drug-likeness (QED) is 0.565. The maximum atomic E-state index is 8.86. The van der Waals surface area contributed by atoms with Crippen LogP contribution >= 0.6 is 0 Å². The summed E-state index contributed by atoms with van der Waals surface area (Å²) in [7, 11) is 3.07. The fraction of sp³-hybridized carbons (Fsp3) is 1.00. The molecule has 0 aliphatic heterocycles. The van der Waals surface area contributed by atoms with Gasteiger partial charge in [-0.15, -0.1) is 0 Å². The van der Waals surface area contributed by atoms with Gasteiger partial charge in [0.2, 0.25) is 0 Å². The van der Waals surface area contributed by atoms with Crippen LogP contribution in [-0.4, -0.2) is 31.7 Å². The second-order valence-corrected chi connectivity index (χ2v) is 1.97. The number of ether oxygens (including phenoxy) is 2. The van der Waals surface area contributed by atoms with Crippen molar-refractivity contribution >= 4 is 0 Å². The monoisotopic (exact) mass is 134 g/mol. The van der Waals surface area contributed by atoms with E-state index in [0.29, 0.717) is 6.42 Å². The van der Waals surface area contributed by atoms with Crippen molar-refractivity contribution in [3.8, 4) is 0 Å². The first-order chi connectivity index (χ1) is 4.20. The molecular weight excluding hydrogens is 120 g/mol. The molecule has 0 fully saturated rings. The Morgan fingerprint density at radius 2 is 1.89 bits per heavy atom. The molecule has 0 aromatic carbocycles. The fourth-order valence-corrected chi connectivity index (χ4v) is 0.476. The molecule has 0 heterocycles. The summed E-state index contributed by atoms with van der Waals surface area (Å²) in [6, 6.07) is 0. The highest BCUT2D eigenvalue weighted by molar-refractivity contribution is 4.49. The number of hydrogen-bond donors (Lipinski definition) is 1. The predicted molar refractivity (Wildman–Crippen MR) is 34.1 cm³/mol.